The monoisotopic (exact) mass is 302 g/mol. The minimum atomic E-state index is -1.36. The lowest BCUT2D eigenvalue weighted by atomic mass is 10.0. The Hall–Kier alpha value is -1.12. The highest BCUT2D eigenvalue weighted by molar-refractivity contribution is 6.82. The molecule has 0 bridgehead atoms. The van der Waals surface area contributed by atoms with Crippen LogP contribution in [0.15, 0.2) is 53.8 Å². The van der Waals surface area contributed by atoms with E-state index >= 15 is 0 Å². The van der Waals surface area contributed by atoms with Crippen LogP contribution in [0.4, 0.5) is 0 Å². The molecule has 0 aromatic heterocycles. The van der Waals surface area contributed by atoms with Gasteiger partial charge in [-0.2, -0.15) is 0 Å². The van der Waals surface area contributed by atoms with E-state index in [0.717, 1.165) is 25.3 Å². The summed E-state index contributed by atoms with van der Waals surface area (Å²) in [6.07, 6.45) is 2.33. The lowest BCUT2D eigenvalue weighted by molar-refractivity contribution is 0.165. The Kier molecular flexibility index (Phi) is 7.13. The molecule has 0 heterocycles. The van der Waals surface area contributed by atoms with Crippen LogP contribution < -0.4 is 0 Å². The van der Waals surface area contributed by atoms with Crippen LogP contribution in [0.2, 0.25) is 19.1 Å². The normalized spacial score (nSPS) is 14.0. The van der Waals surface area contributed by atoms with Crippen molar-refractivity contribution in [2.75, 3.05) is 0 Å². The van der Waals surface area contributed by atoms with Crippen LogP contribution in [0.25, 0.3) is 0 Å². The van der Waals surface area contributed by atoms with Crippen molar-refractivity contribution in [2.24, 2.45) is 0 Å². The minimum Gasteiger partial charge on any atom is -0.393 e. The third-order valence-electron chi connectivity index (χ3n) is 3.56. The van der Waals surface area contributed by atoms with E-state index in [-0.39, 0.29) is 6.10 Å². The van der Waals surface area contributed by atoms with E-state index in [1.165, 1.54) is 16.7 Å². The van der Waals surface area contributed by atoms with Gasteiger partial charge in [0.25, 0.3) is 0 Å². The van der Waals surface area contributed by atoms with Gasteiger partial charge in [-0.05, 0) is 44.7 Å². The van der Waals surface area contributed by atoms with Gasteiger partial charge in [-0.25, -0.2) is 0 Å². The highest BCUT2D eigenvalue weighted by Gasteiger charge is 2.18. The van der Waals surface area contributed by atoms with E-state index in [1.807, 2.05) is 6.07 Å². The summed E-state index contributed by atoms with van der Waals surface area (Å²) in [5.41, 5.74) is 6.32. The number of aryl methyl sites for hydroxylation is 1. The van der Waals surface area contributed by atoms with Gasteiger partial charge in [0, 0.05) is 0 Å². The summed E-state index contributed by atoms with van der Waals surface area (Å²) in [4.78, 5) is 0. The number of aliphatic hydroxyl groups excluding tert-OH is 1. The van der Waals surface area contributed by atoms with Gasteiger partial charge in [-0.1, -0.05) is 60.3 Å². The van der Waals surface area contributed by atoms with Crippen molar-refractivity contribution in [2.45, 2.75) is 58.4 Å². The third kappa shape index (κ3) is 8.03. The zero-order chi connectivity index (χ0) is 15.9. The second-order valence-electron chi connectivity index (χ2n) is 7.00. The molecule has 1 unspecified atom stereocenters. The van der Waals surface area contributed by atoms with E-state index in [2.05, 4.69) is 63.5 Å². The van der Waals surface area contributed by atoms with E-state index in [4.69, 9.17) is 0 Å². The fourth-order valence-electron chi connectivity index (χ4n) is 3.01. The summed E-state index contributed by atoms with van der Waals surface area (Å²) in [6, 6.07) is 11.5. The summed E-state index contributed by atoms with van der Waals surface area (Å²) in [7, 11) is -1.36. The van der Waals surface area contributed by atoms with Crippen LogP contribution in [0.5, 0.6) is 0 Å². The highest BCUT2D eigenvalue weighted by Crippen LogP contribution is 2.20. The highest BCUT2D eigenvalue weighted by atomic mass is 28.3. The van der Waals surface area contributed by atoms with Crippen molar-refractivity contribution in [1.29, 1.82) is 0 Å². The van der Waals surface area contributed by atoms with Gasteiger partial charge in [-0.15, -0.1) is 6.58 Å². The van der Waals surface area contributed by atoms with Gasteiger partial charge >= 0.3 is 0 Å². The maximum absolute atomic E-state index is 10.2. The quantitative estimate of drug-likeness (QED) is 0.521. The topological polar surface area (TPSA) is 20.2 Å². The molecule has 0 fully saturated rings. The zero-order valence-electron chi connectivity index (χ0n) is 14.0. The summed E-state index contributed by atoms with van der Waals surface area (Å²) in [6.45, 7) is 13.0. The molecular formula is C19H30OSi. The lowest BCUT2D eigenvalue weighted by Crippen LogP contribution is -2.23. The molecule has 1 N–H and O–H groups in total. The number of allylic oxidation sites excluding steroid dienone is 1. The Bertz CT molecular complexity index is 474. The second kappa shape index (κ2) is 8.35. The first-order valence-corrected chi connectivity index (χ1v) is 11.1. The van der Waals surface area contributed by atoms with Crippen molar-refractivity contribution in [1.82, 2.24) is 0 Å². The van der Waals surface area contributed by atoms with Gasteiger partial charge in [0.1, 0.15) is 0 Å². The number of hydrogen-bond donors (Lipinski definition) is 1. The number of aliphatic hydroxyl groups is 1. The maximum Gasteiger partial charge on any atom is 0.0756 e. The minimum absolute atomic E-state index is 0.240. The van der Waals surface area contributed by atoms with Crippen LogP contribution in [0.3, 0.4) is 0 Å². The molecule has 1 aromatic carbocycles. The Balaban J connectivity index is 2.46. The Morgan fingerprint density at radius 2 is 1.86 bits per heavy atom. The maximum atomic E-state index is 10.2. The molecule has 0 spiro atoms. The largest absolute Gasteiger partial charge is 0.393 e. The SMILES string of the molecule is C=C(C)C[Si](C)(C)/C=C(\C)CC(O)CCc1ccccc1. The first-order valence-electron chi connectivity index (χ1n) is 7.83. The molecule has 0 aliphatic carbocycles. The van der Waals surface area contributed by atoms with Crippen molar-refractivity contribution in [3.8, 4) is 0 Å². The summed E-state index contributed by atoms with van der Waals surface area (Å²) in [5.74, 6) is 0. The molecule has 1 nitrogen and oxygen atoms in total. The molecule has 0 aliphatic rings. The molecule has 0 aliphatic heterocycles. The first kappa shape index (κ1) is 17.9. The van der Waals surface area contributed by atoms with Crippen LogP contribution in [0.1, 0.15) is 32.3 Å². The molecule has 0 radical (unpaired) electrons. The molecule has 0 saturated carbocycles. The van der Waals surface area contributed by atoms with Crippen molar-refractivity contribution in [3.63, 3.8) is 0 Å². The molecule has 21 heavy (non-hydrogen) atoms. The fourth-order valence-corrected chi connectivity index (χ4v) is 6.12. The molecule has 116 valence electrons. The summed E-state index contributed by atoms with van der Waals surface area (Å²) in [5, 5.41) is 10.2. The number of rotatable bonds is 8. The Morgan fingerprint density at radius 3 is 2.43 bits per heavy atom. The summed E-state index contributed by atoms with van der Waals surface area (Å²) < 4.78 is 0. The molecule has 1 rings (SSSR count). The molecule has 0 amide bonds. The lowest BCUT2D eigenvalue weighted by Gasteiger charge is -2.20. The van der Waals surface area contributed by atoms with Crippen molar-refractivity contribution < 1.29 is 5.11 Å². The average Bonchev–Trinajstić information content (AvgIpc) is 2.35. The van der Waals surface area contributed by atoms with Crippen LogP contribution in [-0.2, 0) is 6.42 Å². The van der Waals surface area contributed by atoms with Gasteiger partial charge in [0.2, 0.25) is 0 Å². The first-order chi connectivity index (χ1) is 9.78. The standard InChI is InChI=1S/C19H30OSi/c1-16(2)14-21(4,5)15-17(3)13-19(20)12-11-18-9-7-6-8-10-18/h6-10,15,19-20H,1,11-14H2,2-5H3/b17-15+. The Labute approximate surface area is 131 Å². The van der Waals surface area contributed by atoms with Crippen LogP contribution in [0, 0.1) is 0 Å². The Morgan fingerprint density at radius 1 is 1.24 bits per heavy atom. The molecule has 1 aromatic rings. The van der Waals surface area contributed by atoms with E-state index < -0.39 is 8.07 Å². The second-order valence-corrected chi connectivity index (χ2v) is 11.6. The van der Waals surface area contributed by atoms with E-state index in [0.29, 0.717) is 0 Å². The number of hydrogen-bond acceptors (Lipinski definition) is 1. The van der Waals surface area contributed by atoms with E-state index in [9.17, 15) is 5.11 Å². The average molecular weight is 303 g/mol. The molecule has 1 atom stereocenters. The summed E-state index contributed by atoms with van der Waals surface area (Å²) >= 11 is 0. The molecular weight excluding hydrogens is 272 g/mol. The van der Waals surface area contributed by atoms with Crippen molar-refractivity contribution >= 4 is 8.07 Å². The number of benzene rings is 1. The molecule has 2 heteroatoms. The van der Waals surface area contributed by atoms with Crippen molar-refractivity contribution in [3.05, 3.63) is 59.3 Å². The van der Waals surface area contributed by atoms with Gasteiger partial charge in [0.15, 0.2) is 0 Å². The predicted octanol–water partition coefficient (Wildman–Crippen LogP) is 5.14. The van der Waals surface area contributed by atoms with Gasteiger partial charge in [-0.3, -0.25) is 0 Å². The fraction of sp³-hybridized carbons (Fsp3) is 0.474. The zero-order valence-corrected chi connectivity index (χ0v) is 15.0. The van der Waals surface area contributed by atoms with Crippen LogP contribution >= 0.6 is 0 Å². The van der Waals surface area contributed by atoms with Crippen LogP contribution in [-0.4, -0.2) is 19.3 Å². The van der Waals surface area contributed by atoms with E-state index in [1.54, 1.807) is 0 Å². The third-order valence-corrected chi connectivity index (χ3v) is 6.35. The van der Waals surface area contributed by atoms with Gasteiger partial charge in [0.05, 0.1) is 14.2 Å². The molecule has 0 saturated heterocycles. The van der Waals surface area contributed by atoms with Gasteiger partial charge < -0.3 is 5.11 Å². The predicted molar refractivity (Wildman–Crippen MR) is 96.2 cm³/mol. The smallest absolute Gasteiger partial charge is 0.0756 e.